The van der Waals surface area contributed by atoms with Crippen molar-refractivity contribution in [3.05, 3.63) is 64.7 Å². The summed E-state index contributed by atoms with van der Waals surface area (Å²) in [6.07, 6.45) is 0. The summed E-state index contributed by atoms with van der Waals surface area (Å²) in [7, 11) is 0. The average Bonchev–Trinajstić information content (AvgIpc) is 3.13. The van der Waals surface area contributed by atoms with E-state index in [1.165, 1.54) is 0 Å². The lowest BCUT2D eigenvalue weighted by Crippen LogP contribution is -2.15. The Morgan fingerprint density at radius 3 is 2.55 bits per heavy atom. The van der Waals surface area contributed by atoms with Gasteiger partial charge in [0.15, 0.2) is 5.56 Å². The van der Waals surface area contributed by atoms with E-state index in [4.69, 9.17) is 25.6 Å². The molecule has 7 nitrogen and oxygen atoms in total. The number of ether oxygens (including phenoxy) is 2. The number of hydrogen-bond acceptors (Lipinski definition) is 6. The zero-order valence-electron chi connectivity index (χ0n) is 15.9. The van der Waals surface area contributed by atoms with Gasteiger partial charge in [-0.3, -0.25) is 10.1 Å². The molecule has 0 aliphatic carbocycles. The maximum atomic E-state index is 12.7. The molecule has 0 bridgehead atoms. The van der Waals surface area contributed by atoms with E-state index < -0.39 is 11.9 Å². The first-order chi connectivity index (χ1) is 14.0. The third kappa shape index (κ3) is 4.75. The maximum absolute atomic E-state index is 12.7. The second-order valence-electron chi connectivity index (χ2n) is 5.88. The van der Waals surface area contributed by atoms with Crippen molar-refractivity contribution in [1.82, 2.24) is 5.16 Å². The molecule has 0 saturated carbocycles. The van der Waals surface area contributed by atoms with Crippen molar-refractivity contribution in [2.24, 2.45) is 0 Å². The number of carbonyl (C=O) groups excluding carboxylic acids is 2. The molecule has 0 aliphatic heterocycles. The van der Waals surface area contributed by atoms with E-state index >= 15 is 0 Å². The quantitative estimate of drug-likeness (QED) is 0.557. The smallest absolute Gasteiger partial charge is 0.346 e. The van der Waals surface area contributed by atoms with E-state index in [-0.39, 0.29) is 23.7 Å². The minimum atomic E-state index is -0.655. The van der Waals surface area contributed by atoms with Gasteiger partial charge < -0.3 is 14.0 Å². The maximum Gasteiger partial charge on any atom is 0.346 e. The highest BCUT2D eigenvalue weighted by atomic mass is 35.5. The first-order valence-electron chi connectivity index (χ1n) is 9.00. The number of anilines is 1. The van der Waals surface area contributed by atoms with Gasteiger partial charge in [-0.1, -0.05) is 35.0 Å². The van der Waals surface area contributed by atoms with E-state index in [0.717, 1.165) is 0 Å². The zero-order valence-corrected chi connectivity index (χ0v) is 16.7. The Morgan fingerprint density at radius 2 is 1.86 bits per heavy atom. The Balaban J connectivity index is 1.94. The highest BCUT2D eigenvalue weighted by Gasteiger charge is 2.27. The van der Waals surface area contributed by atoms with Crippen molar-refractivity contribution in [3.63, 3.8) is 0 Å². The van der Waals surface area contributed by atoms with Crippen LogP contribution in [0.2, 0.25) is 5.02 Å². The lowest BCUT2D eigenvalue weighted by molar-refractivity contribution is 0.0528. The minimum absolute atomic E-state index is 0.0310. The first kappa shape index (κ1) is 20.4. The molecule has 1 heterocycles. The van der Waals surface area contributed by atoms with Gasteiger partial charge in [0.2, 0.25) is 5.88 Å². The fourth-order valence-corrected chi connectivity index (χ4v) is 2.77. The molecule has 3 rings (SSSR count). The fraction of sp³-hybridized carbons (Fsp3) is 0.190. The highest BCUT2D eigenvalue weighted by molar-refractivity contribution is 6.30. The lowest BCUT2D eigenvalue weighted by atomic mass is 10.1. The van der Waals surface area contributed by atoms with Crippen molar-refractivity contribution in [1.29, 1.82) is 0 Å². The van der Waals surface area contributed by atoms with Crippen LogP contribution in [0.15, 0.2) is 53.1 Å². The molecule has 0 fully saturated rings. The molecule has 29 heavy (non-hydrogen) atoms. The van der Waals surface area contributed by atoms with Gasteiger partial charge in [0.05, 0.1) is 13.2 Å². The summed E-state index contributed by atoms with van der Waals surface area (Å²) in [6.45, 7) is 4.18. The summed E-state index contributed by atoms with van der Waals surface area (Å²) in [6, 6.07) is 13.4. The Morgan fingerprint density at radius 1 is 1.10 bits per heavy atom. The number of benzene rings is 2. The summed E-state index contributed by atoms with van der Waals surface area (Å²) in [5.41, 5.74) is 1.22. The van der Waals surface area contributed by atoms with Crippen LogP contribution in [0.25, 0.3) is 11.3 Å². The predicted molar refractivity (Wildman–Crippen MR) is 108 cm³/mol. The van der Waals surface area contributed by atoms with Crippen LogP contribution >= 0.6 is 11.6 Å². The van der Waals surface area contributed by atoms with Crippen LogP contribution in [0.5, 0.6) is 5.75 Å². The van der Waals surface area contributed by atoms with Crippen LogP contribution in [0.1, 0.15) is 34.6 Å². The molecule has 0 atom stereocenters. The molecule has 2 aromatic carbocycles. The molecule has 8 heteroatoms. The summed E-state index contributed by atoms with van der Waals surface area (Å²) in [4.78, 5) is 25.2. The van der Waals surface area contributed by atoms with Crippen LogP contribution in [0.4, 0.5) is 5.88 Å². The number of aromatic nitrogens is 1. The second-order valence-corrected chi connectivity index (χ2v) is 6.31. The number of halogens is 1. The monoisotopic (exact) mass is 414 g/mol. The first-order valence-corrected chi connectivity index (χ1v) is 9.38. The van der Waals surface area contributed by atoms with Crippen molar-refractivity contribution in [3.8, 4) is 17.0 Å². The van der Waals surface area contributed by atoms with Crippen molar-refractivity contribution in [2.45, 2.75) is 13.8 Å². The molecule has 150 valence electrons. The number of carbonyl (C=O) groups is 2. The topological polar surface area (TPSA) is 90.7 Å². The van der Waals surface area contributed by atoms with Gasteiger partial charge in [0, 0.05) is 16.1 Å². The molecule has 1 aromatic heterocycles. The molecular formula is C21H19ClN2O5. The SMILES string of the molecule is CCOC(=O)c1c(-c2ccc(Cl)cc2)noc1NC(=O)c1cccc(OCC)c1. The van der Waals surface area contributed by atoms with Gasteiger partial charge in [0.1, 0.15) is 11.4 Å². The van der Waals surface area contributed by atoms with E-state index in [1.54, 1.807) is 55.5 Å². The number of esters is 1. The predicted octanol–water partition coefficient (Wildman–Crippen LogP) is 4.82. The molecule has 0 unspecified atom stereocenters. The van der Waals surface area contributed by atoms with E-state index in [2.05, 4.69) is 10.5 Å². The van der Waals surface area contributed by atoms with Gasteiger partial charge in [-0.05, 0) is 44.2 Å². The molecule has 0 radical (unpaired) electrons. The van der Waals surface area contributed by atoms with Crippen LogP contribution < -0.4 is 10.1 Å². The molecule has 3 aromatic rings. The van der Waals surface area contributed by atoms with Gasteiger partial charge in [-0.15, -0.1) is 0 Å². The fourth-order valence-electron chi connectivity index (χ4n) is 2.64. The largest absolute Gasteiger partial charge is 0.494 e. The van der Waals surface area contributed by atoms with E-state index in [9.17, 15) is 9.59 Å². The molecule has 1 amide bonds. The minimum Gasteiger partial charge on any atom is -0.494 e. The van der Waals surface area contributed by atoms with E-state index in [0.29, 0.717) is 28.5 Å². The number of nitrogens with one attached hydrogen (secondary N) is 1. The Bertz CT molecular complexity index is 1010. The van der Waals surface area contributed by atoms with Crippen molar-refractivity contribution >= 4 is 29.4 Å². The standard InChI is InChI=1S/C21H19ClN2O5/c1-3-27-16-7-5-6-14(12-16)19(25)23-20-17(21(26)28-4-2)18(24-29-20)13-8-10-15(22)11-9-13/h5-12H,3-4H2,1-2H3,(H,23,25). The normalized spacial score (nSPS) is 10.4. The lowest BCUT2D eigenvalue weighted by Gasteiger charge is -2.07. The summed E-state index contributed by atoms with van der Waals surface area (Å²) in [5.74, 6) is -0.668. The molecular weight excluding hydrogens is 396 g/mol. The molecule has 0 saturated heterocycles. The van der Waals surface area contributed by atoms with Crippen LogP contribution in [-0.2, 0) is 4.74 Å². The van der Waals surface area contributed by atoms with Crippen LogP contribution in [0.3, 0.4) is 0 Å². The summed E-state index contributed by atoms with van der Waals surface area (Å²) < 4.78 is 15.8. The van der Waals surface area contributed by atoms with Gasteiger partial charge >= 0.3 is 5.97 Å². The van der Waals surface area contributed by atoms with Gasteiger partial charge in [-0.25, -0.2) is 4.79 Å². The van der Waals surface area contributed by atoms with Crippen molar-refractivity contribution < 1.29 is 23.6 Å². The second kappa shape index (κ2) is 9.25. The Kier molecular flexibility index (Phi) is 6.51. The average molecular weight is 415 g/mol. The molecule has 0 aliphatic rings. The van der Waals surface area contributed by atoms with Crippen molar-refractivity contribution in [2.75, 3.05) is 18.5 Å². The van der Waals surface area contributed by atoms with Gasteiger partial charge in [0.25, 0.3) is 5.91 Å². The zero-order chi connectivity index (χ0) is 20.8. The number of hydrogen-bond donors (Lipinski definition) is 1. The summed E-state index contributed by atoms with van der Waals surface area (Å²) in [5, 5.41) is 7.08. The van der Waals surface area contributed by atoms with Crippen LogP contribution in [-0.4, -0.2) is 30.2 Å². The number of nitrogens with zero attached hydrogens (tertiary/aromatic N) is 1. The molecule has 1 N–H and O–H groups in total. The van der Waals surface area contributed by atoms with E-state index in [1.807, 2.05) is 6.92 Å². The number of amides is 1. The number of rotatable bonds is 7. The van der Waals surface area contributed by atoms with Crippen LogP contribution in [0, 0.1) is 0 Å². The highest BCUT2D eigenvalue weighted by Crippen LogP contribution is 2.31. The molecule has 0 spiro atoms. The third-order valence-corrected chi connectivity index (χ3v) is 4.18. The van der Waals surface area contributed by atoms with Gasteiger partial charge in [-0.2, -0.15) is 0 Å². The Hall–Kier alpha value is -3.32. The summed E-state index contributed by atoms with van der Waals surface area (Å²) >= 11 is 5.93. The Labute approximate surface area is 172 Å². The third-order valence-electron chi connectivity index (χ3n) is 3.92.